The first-order chi connectivity index (χ1) is 6.44. The molecule has 2 atom stereocenters. The summed E-state index contributed by atoms with van der Waals surface area (Å²) >= 11 is 0. The second-order valence-corrected chi connectivity index (χ2v) is 4.73. The highest BCUT2D eigenvalue weighted by molar-refractivity contribution is 5.83. The highest BCUT2D eigenvalue weighted by atomic mass is 16.5. The van der Waals surface area contributed by atoms with Crippen molar-refractivity contribution in [2.45, 2.75) is 44.9 Å². The van der Waals surface area contributed by atoms with E-state index in [2.05, 4.69) is 10.6 Å². The Labute approximate surface area is 85.4 Å². The maximum atomic E-state index is 11.8. The lowest BCUT2D eigenvalue weighted by Crippen LogP contribution is -2.52. The first kappa shape index (κ1) is 11.5. The molecule has 1 heterocycles. The zero-order valence-corrected chi connectivity index (χ0v) is 9.39. The zero-order chi connectivity index (χ0) is 10.8. The average molecular weight is 200 g/mol. The molecule has 4 nitrogen and oxygen atoms in total. The summed E-state index contributed by atoms with van der Waals surface area (Å²) in [7, 11) is 1.65. The van der Waals surface area contributed by atoms with Crippen LogP contribution in [0.15, 0.2) is 0 Å². The number of nitrogens with one attached hydrogen (secondary N) is 2. The molecule has 1 saturated heterocycles. The number of rotatable bonds is 2. The summed E-state index contributed by atoms with van der Waals surface area (Å²) in [5.41, 5.74) is -0.181. The Morgan fingerprint density at radius 2 is 2.14 bits per heavy atom. The number of hydrogen-bond acceptors (Lipinski definition) is 3. The van der Waals surface area contributed by atoms with E-state index in [-0.39, 0.29) is 23.6 Å². The van der Waals surface area contributed by atoms with Crippen molar-refractivity contribution in [1.29, 1.82) is 0 Å². The molecule has 1 aliphatic heterocycles. The molecule has 82 valence electrons. The minimum Gasteiger partial charge on any atom is -0.379 e. The Balaban J connectivity index is 2.52. The van der Waals surface area contributed by atoms with Gasteiger partial charge >= 0.3 is 0 Å². The van der Waals surface area contributed by atoms with Crippen LogP contribution in [0.5, 0.6) is 0 Å². The van der Waals surface area contributed by atoms with Crippen LogP contribution in [0, 0.1) is 0 Å². The van der Waals surface area contributed by atoms with Gasteiger partial charge in [-0.15, -0.1) is 0 Å². The standard InChI is InChI=1S/C10H20N2O2/c1-10(2,3)12-9(13)8-7(14-4)5-6-11-8/h7-8,11H,5-6H2,1-4H3,(H,12,13). The van der Waals surface area contributed by atoms with Gasteiger partial charge in [-0.2, -0.15) is 0 Å². The second kappa shape index (κ2) is 4.28. The number of methoxy groups -OCH3 is 1. The van der Waals surface area contributed by atoms with E-state index < -0.39 is 0 Å². The summed E-state index contributed by atoms with van der Waals surface area (Å²) < 4.78 is 5.24. The van der Waals surface area contributed by atoms with Crippen molar-refractivity contribution in [3.05, 3.63) is 0 Å². The fourth-order valence-corrected chi connectivity index (χ4v) is 1.64. The summed E-state index contributed by atoms with van der Waals surface area (Å²) in [5, 5.41) is 6.09. The van der Waals surface area contributed by atoms with E-state index in [4.69, 9.17) is 4.74 Å². The van der Waals surface area contributed by atoms with E-state index in [1.807, 2.05) is 20.8 Å². The molecule has 4 heteroatoms. The number of amides is 1. The monoisotopic (exact) mass is 200 g/mol. The van der Waals surface area contributed by atoms with Crippen molar-refractivity contribution in [2.75, 3.05) is 13.7 Å². The molecule has 0 aromatic rings. The van der Waals surface area contributed by atoms with Crippen LogP contribution < -0.4 is 10.6 Å². The number of ether oxygens (including phenoxy) is 1. The molecule has 2 N–H and O–H groups in total. The van der Waals surface area contributed by atoms with E-state index in [1.54, 1.807) is 7.11 Å². The van der Waals surface area contributed by atoms with Gasteiger partial charge in [0.15, 0.2) is 0 Å². The van der Waals surface area contributed by atoms with Crippen LogP contribution >= 0.6 is 0 Å². The number of carbonyl (C=O) groups excluding carboxylic acids is 1. The molecule has 0 radical (unpaired) electrons. The molecule has 14 heavy (non-hydrogen) atoms. The Morgan fingerprint density at radius 1 is 1.50 bits per heavy atom. The fraction of sp³-hybridized carbons (Fsp3) is 0.900. The van der Waals surface area contributed by atoms with Gasteiger partial charge in [-0.25, -0.2) is 0 Å². The molecule has 0 aromatic carbocycles. The van der Waals surface area contributed by atoms with Crippen LogP contribution in [-0.2, 0) is 9.53 Å². The first-order valence-electron chi connectivity index (χ1n) is 5.02. The van der Waals surface area contributed by atoms with Gasteiger partial charge in [0.05, 0.1) is 6.10 Å². The largest absolute Gasteiger partial charge is 0.379 e. The third-order valence-corrected chi connectivity index (χ3v) is 2.25. The number of carbonyl (C=O) groups is 1. The summed E-state index contributed by atoms with van der Waals surface area (Å²) in [6.07, 6.45) is 0.913. The maximum absolute atomic E-state index is 11.8. The molecule has 1 aliphatic rings. The smallest absolute Gasteiger partial charge is 0.240 e. The predicted molar refractivity (Wildman–Crippen MR) is 55.1 cm³/mol. The molecular formula is C10H20N2O2. The predicted octanol–water partition coefficient (Wildman–Crippen LogP) is 0.278. The highest BCUT2D eigenvalue weighted by Gasteiger charge is 2.33. The maximum Gasteiger partial charge on any atom is 0.240 e. The van der Waals surface area contributed by atoms with Crippen molar-refractivity contribution >= 4 is 5.91 Å². The van der Waals surface area contributed by atoms with Gasteiger partial charge in [0.2, 0.25) is 5.91 Å². The van der Waals surface area contributed by atoms with E-state index in [1.165, 1.54) is 0 Å². The lowest BCUT2D eigenvalue weighted by molar-refractivity contribution is -0.126. The van der Waals surface area contributed by atoms with Gasteiger partial charge in [-0.3, -0.25) is 4.79 Å². The van der Waals surface area contributed by atoms with Crippen molar-refractivity contribution in [2.24, 2.45) is 0 Å². The lowest BCUT2D eigenvalue weighted by Gasteiger charge is -2.25. The summed E-state index contributed by atoms with van der Waals surface area (Å²) in [4.78, 5) is 11.8. The minimum atomic E-state index is -0.195. The molecule has 0 spiro atoms. The fourth-order valence-electron chi connectivity index (χ4n) is 1.64. The van der Waals surface area contributed by atoms with Gasteiger partial charge in [0.1, 0.15) is 6.04 Å². The molecule has 0 bridgehead atoms. The highest BCUT2D eigenvalue weighted by Crippen LogP contribution is 2.11. The van der Waals surface area contributed by atoms with Crippen molar-refractivity contribution in [3.8, 4) is 0 Å². The molecule has 0 saturated carbocycles. The van der Waals surface area contributed by atoms with Gasteiger partial charge < -0.3 is 15.4 Å². The van der Waals surface area contributed by atoms with Gasteiger partial charge in [-0.1, -0.05) is 0 Å². The Hall–Kier alpha value is -0.610. The van der Waals surface area contributed by atoms with Crippen LogP contribution in [0.2, 0.25) is 0 Å². The SMILES string of the molecule is COC1CCNC1C(=O)NC(C)(C)C. The van der Waals surface area contributed by atoms with Crippen molar-refractivity contribution < 1.29 is 9.53 Å². The Morgan fingerprint density at radius 3 is 2.64 bits per heavy atom. The van der Waals surface area contributed by atoms with Gasteiger partial charge in [0.25, 0.3) is 0 Å². The van der Waals surface area contributed by atoms with Crippen LogP contribution in [0.25, 0.3) is 0 Å². The van der Waals surface area contributed by atoms with E-state index >= 15 is 0 Å². The summed E-state index contributed by atoms with van der Waals surface area (Å²) in [6, 6.07) is -0.195. The third kappa shape index (κ3) is 2.96. The quantitative estimate of drug-likeness (QED) is 0.673. The molecule has 0 aliphatic carbocycles. The van der Waals surface area contributed by atoms with Crippen molar-refractivity contribution in [1.82, 2.24) is 10.6 Å². The van der Waals surface area contributed by atoms with Crippen molar-refractivity contribution in [3.63, 3.8) is 0 Å². The summed E-state index contributed by atoms with van der Waals surface area (Å²) in [5.74, 6) is 0.0295. The normalized spacial score (nSPS) is 27.7. The van der Waals surface area contributed by atoms with Gasteiger partial charge in [-0.05, 0) is 33.7 Å². The van der Waals surface area contributed by atoms with E-state index in [0.29, 0.717) is 0 Å². The van der Waals surface area contributed by atoms with Crippen LogP contribution in [-0.4, -0.2) is 37.2 Å². The Bertz CT molecular complexity index is 211. The minimum absolute atomic E-state index is 0.0114. The van der Waals surface area contributed by atoms with Crippen LogP contribution in [0.1, 0.15) is 27.2 Å². The average Bonchev–Trinajstić information content (AvgIpc) is 2.47. The molecule has 1 fully saturated rings. The first-order valence-corrected chi connectivity index (χ1v) is 5.02. The summed E-state index contributed by atoms with van der Waals surface area (Å²) in [6.45, 7) is 6.77. The van der Waals surface area contributed by atoms with Crippen LogP contribution in [0.3, 0.4) is 0 Å². The molecule has 1 amide bonds. The number of hydrogen-bond donors (Lipinski definition) is 2. The second-order valence-electron chi connectivity index (χ2n) is 4.73. The molecule has 2 unspecified atom stereocenters. The molecule has 1 rings (SSSR count). The van der Waals surface area contributed by atoms with E-state index in [9.17, 15) is 4.79 Å². The molecular weight excluding hydrogens is 180 g/mol. The van der Waals surface area contributed by atoms with Gasteiger partial charge in [0, 0.05) is 12.6 Å². The van der Waals surface area contributed by atoms with E-state index in [0.717, 1.165) is 13.0 Å². The third-order valence-electron chi connectivity index (χ3n) is 2.25. The lowest BCUT2D eigenvalue weighted by atomic mass is 10.1. The zero-order valence-electron chi connectivity index (χ0n) is 9.39. The Kier molecular flexibility index (Phi) is 3.50. The molecule has 0 aromatic heterocycles. The topological polar surface area (TPSA) is 50.4 Å². The van der Waals surface area contributed by atoms with Crippen LogP contribution in [0.4, 0.5) is 0 Å².